The lowest BCUT2D eigenvalue weighted by Crippen LogP contribution is -2.54. The van der Waals surface area contributed by atoms with Crippen molar-refractivity contribution in [3.05, 3.63) is 58.4 Å². The van der Waals surface area contributed by atoms with Gasteiger partial charge in [-0.25, -0.2) is 9.37 Å². The van der Waals surface area contributed by atoms with Crippen LogP contribution in [0.1, 0.15) is 5.69 Å². The van der Waals surface area contributed by atoms with Gasteiger partial charge in [0.25, 0.3) is 5.56 Å². The van der Waals surface area contributed by atoms with E-state index in [0.717, 1.165) is 11.1 Å². The number of carbonyl (C=O) groups is 1. The summed E-state index contributed by atoms with van der Waals surface area (Å²) >= 11 is 2.88. The molecule has 2 atom stereocenters. The topological polar surface area (TPSA) is 127 Å². The number of carboxylic acids is 1. The lowest BCUT2D eigenvalue weighted by molar-refractivity contribution is -0.143. The van der Waals surface area contributed by atoms with E-state index in [1.54, 1.807) is 18.3 Å². The molecule has 0 bridgehead atoms. The monoisotopic (exact) mass is 459 g/mol. The number of aliphatic carboxylic acids is 1. The van der Waals surface area contributed by atoms with Crippen molar-refractivity contribution in [3.63, 3.8) is 0 Å². The van der Waals surface area contributed by atoms with Gasteiger partial charge in [-0.05, 0) is 35.7 Å². The van der Waals surface area contributed by atoms with Crippen LogP contribution in [0.15, 0.2) is 46.5 Å². The van der Waals surface area contributed by atoms with E-state index in [-0.39, 0.29) is 23.2 Å². The largest absolute Gasteiger partial charge is 0.480 e. The van der Waals surface area contributed by atoms with Gasteiger partial charge in [0.05, 0.1) is 10.8 Å². The van der Waals surface area contributed by atoms with Crippen LogP contribution in [-0.2, 0) is 11.2 Å². The van der Waals surface area contributed by atoms with Crippen LogP contribution in [0.4, 0.5) is 4.39 Å². The van der Waals surface area contributed by atoms with Crippen molar-refractivity contribution in [1.82, 2.24) is 25.3 Å². The quantitative estimate of drug-likeness (QED) is 0.222. The van der Waals surface area contributed by atoms with Crippen LogP contribution >= 0.6 is 23.5 Å². The Hall–Kier alpha value is -2.76. The van der Waals surface area contributed by atoms with Gasteiger partial charge in [0.15, 0.2) is 5.16 Å². The van der Waals surface area contributed by atoms with Gasteiger partial charge in [-0.3, -0.25) is 14.9 Å². The number of fused-ring (bicyclic) bond motifs is 2. The molecule has 2 unspecified atom stereocenters. The maximum atomic E-state index is 13.5. The molecule has 1 saturated heterocycles. The number of H-pyrrole nitrogens is 3. The predicted octanol–water partition coefficient (Wildman–Crippen LogP) is 2.69. The number of nitrogens with zero attached hydrogens (tertiary/aromatic N) is 1. The van der Waals surface area contributed by atoms with Crippen molar-refractivity contribution in [2.75, 3.05) is 11.5 Å². The molecule has 3 aromatic heterocycles. The zero-order valence-electron chi connectivity index (χ0n) is 16.1. The Morgan fingerprint density at radius 1 is 1.32 bits per heavy atom. The Bertz CT molecular complexity index is 1350. The smallest absolute Gasteiger partial charge is 0.325 e. The summed E-state index contributed by atoms with van der Waals surface area (Å²) in [5.74, 6) is -0.356. The lowest BCUT2D eigenvalue weighted by Gasteiger charge is -2.24. The highest BCUT2D eigenvalue weighted by Crippen LogP contribution is 2.33. The predicted molar refractivity (Wildman–Crippen MR) is 119 cm³/mol. The number of nitrogens with one attached hydrogen (secondary N) is 4. The maximum absolute atomic E-state index is 13.5. The third-order valence-corrected chi connectivity index (χ3v) is 7.81. The Morgan fingerprint density at radius 3 is 3.03 bits per heavy atom. The minimum Gasteiger partial charge on any atom is -0.480 e. The summed E-state index contributed by atoms with van der Waals surface area (Å²) in [5, 5.41) is 14.9. The number of aromatic nitrogens is 4. The van der Waals surface area contributed by atoms with Crippen LogP contribution in [0.5, 0.6) is 0 Å². The summed E-state index contributed by atoms with van der Waals surface area (Å²) in [6.07, 6.45) is 1.91. The highest BCUT2D eigenvalue weighted by atomic mass is 32.2. The zero-order valence-corrected chi connectivity index (χ0v) is 17.7. The highest BCUT2D eigenvalue weighted by Gasteiger charge is 2.46. The van der Waals surface area contributed by atoms with E-state index in [4.69, 9.17) is 0 Å². The molecule has 5 N–H and O–H groups in total. The number of hydrogen-bond donors (Lipinski definition) is 5. The van der Waals surface area contributed by atoms with Crippen LogP contribution in [-0.4, -0.2) is 53.4 Å². The van der Waals surface area contributed by atoms with Gasteiger partial charge in [-0.1, -0.05) is 11.8 Å². The molecule has 1 aromatic carbocycles. The third kappa shape index (κ3) is 3.84. The third-order valence-electron chi connectivity index (χ3n) is 5.29. The van der Waals surface area contributed by atoms with E-state index in [2.05, 4.69) is 25.3 Å². The van der Waals surface area contributed by atoms with Crippen molar-refractivity contribution in [3.8, 4) is 0 Å². The van der Waals surface area contributed by atoms with Gasteiger partial charge < -0.3 is 20.1 Å². The number of hydrogen-bond acceptors (Lipinski definition) is 6. The Morgan fingerprint density at radius 2 is 2.19 bits per heavy atom. The molecule has 0 spiro atoms. The molecule has 0 radical (unpaired) electrons. The van der Waals surface area contributed by atoms with Gasteiger partial charge in [-0.15, -0.1) is 11.8 Å². The number of aromatic amines is 3. The number of thioether (sulfide) groups is 2. The minimum absolute atomic E-state index is 0.132. The zero-order chi connectivity index (χ0) is 21.6. The van der Waals surface area contributed by atoms with Crippen LogP contribution in [0.2, 0.25) is 0 Å². The van der Waals surface area contributed by atoms with Gasteiger partial charge >= 0.3 is 5.97 Å². The average Bonchev–Trinajstić information content (AvgIpc) is 3.44. The molecular formula is C20H18FN5O3S2. The molecule has 31 heavy (non-hydrogen) atoms. The fourth-order valence-electron chi connectivity index (χ4n) is 3.76. The first-order chi connectivity index (χ1) is 14.9. The fraction of sp³-hybridized carbons (Fsp3) is 0.250. The van der Waals surface area contributed by atoms with E-state index in [0.29, 0.717) is 33.2 Å². The molecular weight excluding hydrogens is 441 g/mol. The molecule has 5 rings (SSSR count). The molecule has 1 aliphatic rings. The number of benzene rings is 1. The van der Waals surface area contributed by atoms with Crippen molar-refractivity contribution in [2.45, 2.75) is 22.5 Å². The maximum Gasteiger partial charge on any atom is 0.325 e. The first-order valence-corrected chi connectivity index (χ1v) is 11.6. The van der Waals surface area contributed by atoms with E-state index < -0.39 is 11.5 Å². The summed E-state index contributed by atoms with van der Waals surface area (Å²) in [7, 11) is 0. The fourth-order valence-corrected chi connectivity index (χ4v) is 6.16. The summed E-state index contributed by atoms with van der Waals surface area (Å²) in [5.41, 5.74) is 0.541. The van der Waals surface area contributed by atoms with Crippen LogP contribution in [0.3, 0.4) is 0 Å². The van der Waals surface area contributed by atoms with E-state index in [1.165, 1.54) is 35.7 Å². The molecule has 0 saturated carbocycles. The number of rotatable bonds is 6. The molecule has 1 fully saturated rings. The second-order valence-corrected chi connectivity index (χ2v) is 9.66. The van der Waals surface area contributed by atoms with Crippen molar-refractivity contribution >= 4 is 51.4 Å². The van der Waals surface area contributed by atoms with E-state index >= 15 is 0 Å². The standard InChI is InChI=1S/C20H18FN5O3S2/c21-11-2-1-10-5-12(23-14(10)6-11)7-20(18(28)29)9-31-15(26-20)8-30-19-24-16-13(3-4-22-16)17(27)25-19/h1-6,15,23,26H,7-9H2,(H,28,29)(H2,22,24,25,27). The number of halogens is 1. The van der Waals surface area contributed by atoms with E-state index in [9.17, 15) is 19.1 Å². The van der Waals surface area contributed by atoms with Crippen LogP contribution < -0.4 is 10.9 Å². The molecule has 4 aromatic rings. The average molecular weight is 460 g/mol. The Labute approximate surface area is 183 Å². The minimum atomic E-state index is -1.14. The van der Waals surface area contributed by atoms with Crippen molar-refractivity contribution < 1.29 is 14.3 Å². The molecule has 11 heteroatoms. The Kier molecular flexibility index (Phi) is 5.03. The number of carboxylic acid groups (broad SMARTS) is 1. The second-order valence-electron chi connectivity index (χ2n) is 7.46. The lowest BCUT2D eigenvalue weighted by atomic mass is 9.95. The summed E-state index contributed by atoms with van der Waals surface area (Å²) in [4.78, 5) is 37.4. The van der Waals surface area contributed by atoms with E-state index in [1.807, 2.05) is 6.07 Å². The van der Waals surface area contributed by atoms with Crippen molar-refractivity contribution in [2.24, 2.45) is 0 Å². The second kappa shape index (κ2) is 7.74. The summed E-state index contributed by atoms with van der Waals surface area (Å²) < 4.78 is 13.5. The molecule has 0 aliphatic carbocycles. The van der Waals surface area contributed by atoms with Gasteiger partial charge in [-0.2, -0.15) is 0 Å². The highest BCUT2D eigenvalue weighted by molar-refractivity contribution is 8.03. The van der Waals surface area contributed by atoms with Gasteiger partial charge in [0.2, 0.25) is 0 Å². The molecule has 8 nitrogen and oxygen atoms in total. The van der Waals surface area contributed by atoms with Crippen LogP contribution in [0, 0.1) is 5.82 Å². The molecule has 4 heterocycles. The SMILES string of the molecule is O=C(O)C1(Cc2cc3ccc(F)cc3[nH]2)CSC(CSc2nc3[nH]ccc3c(=O)[nH]2)N1. The summed E-state index contributed by atoms with van der Waals surface area (Å²) in [6, 6.07) is 7.98. The van der Waals surface area contributed by atoms with Gasteiger partial charge in [0.1, 0.15) is 17.0 Å². The first kappa shape index (κ1) is 20.2. The van der Waals surface area contributed by atoms with Gasteiger partial charge in [0, 0.05) is 35.3 Å². The Balaban J connectivity index is 1.30. The first-order valence-electron chi connectivity index (χ1n) is 9.52. The van der Waals surface area contributed by atoms with Crippen molar-refractivity contribution in [1.29, 1.82) is 0 Å². The summed E-state index contributed by atoms with van der Waals surface area (Å²) in [6.45, 7) is 0. The molecule has 0 amide bonds. The molecule has 1 aliphatic heterocycles. The molecule has 160 valence electrons. The van der Waals surface area contributed by atoms with Crippen LogP contribution in [0.25, 0.3) is 21.9 Å². The normalized spacial score (nSPS) is 21.3.